The first-order valence-electron chi connectivity index (χ1n) is 7.32. The molecular formula is C17H21N4O+. The van der Waals surface area contributed by atoms with Crippen molar-refractivity contribution in [3.05, 3.63) is 42.2 Å². The minimum atomic E-state index is -0.00810. The smallest absolute Gasteiger partial charge is 0.155 e. The normalized spacial score (nSPS) is 11.8. The SMILES string of the molecule is COc1cc(-c2ccnc3[nH]ncc23)cc(C(C)(C)C[NH3+])c1. The van der Waals surface area contributed by atoms with Gasteiger partial charge in [-0.2, -0.15) is 5.10 Å². The Hall–Kier alpha value is -2.40. The molecule has 0 fully saturated rings. The maximum absolute atomic E-state index is 5.49. The van der Waals surface area contributed by atoms with E-state index in [2.05, 4.69) is 46.9 Å². The third kappa shape index (κ3) is 2.44. The molecule has 0 aliphatic rings. The molecule has 5 nitrogen and oxygen atoms in total. The van der Waals surface area contributed by atoms with E-state index in [1.54, 1.807) is 13.3 Å². The highest BCUT2D eigenvalue weighted by atomic mass is 16.5. The van der Waals surface area contributed by atoms with Crippen LogP contribution < -0.4 is 10.5 Å². The monoisotopic (exact) mass is 297 g/mol. The summed E-state index contributed by atoms with van der Waals surface area (Å²) in [4.78, 5) is 4.30. The number of aromatic amines is 1. The quantitative estimate of drug-likeness (QED) is 0.774. The highest BCUT2D eigenvalue weighted by Gasteiger charge is 2.23. The summed E-state index contributed by atoms with van der Waals surface area (Å²) < 4.78 is 5.49. The molecule has 0 bridgehead atoms. The lowest BCUT2D eigenvalue weighted by Crippen LogP contribution is -2.58. The summed E-state index contributed by atoms with van der Waals surface area (Å²) >= 11 is 0. The molecule has 114 valence electrons. The number of pyridine rings is 1. The molecule has 0 amide bonds. The molecular weight excluding hydrogens is 276 g/mol. The van der Waals surface area contributed by atoms with E-state index < -0.39 is 0 Å². The fourth-order valence-corrected chi connectivity index (χ4v) is 2.51. The molecule has 3 rings (SSSR count). The Balaban J connectivity index is 2.22. The Morgan fingerprint density at radius 3 is 2.82 bits per heavy atom. The number of nitrogens with zero attached hydrogens (tertiary/aromatic N) is 2. The van der Waals surface area contributed by atoms with Crippen LogP contribution in [0.3, 0.4) is 0 Å². The summed E-state index contributed by atoms with van der Waals surface area (Å²) in [5.41, 5.74) is 8.26. The number of hydrogen-bond donors (Lipinski definition) is 2. The van der Waals surface area contributed by atoms with Crippen molar-refractivity contribution in [3.8, 4) is 16.9 Å². The van der Waals surface area contributed by atoms with E-state index in [1.165, 1.54) is 5.56 Å². The molecule has 0 aliphatic heterocycles. The second-order valence-corrected chi connectivity index (χ2v) is 6.07. The van der Waals surface area contributed by atoms with E-state index in [-0.39, 0.29) is 5.41 Å². The van der Waals surface area contributed by atoms with Crippen LogP contribution in [0.25, 0.3) is 22.2 Å². The second-order valence-electron chi connectivity index (χ2n) is 6.07. The van der Waals surface area contributed by atoms with Crippen molar-refractivity contribution < 1.29 is 10.5 Å². The number of hydrogen-bond acceptors (Lipinski definition) is 3. The molecule has 0 spiro atoms. The van der Waals surface area contributed by atoms with Crippen molar-refractivity contribution >= 4 is 11.0 Å². The van der Waals surface area contributed by atoms with E-state index in [0.717, 1.165) is 34.5 Å². The van der Waals surface area contributed by atoms with Crippen LogP contribution >= 0.6 is 0 Å². The van der Waals surface area contributed by atoms with Crippen LogP contribution in [0.4, 0.5) is 0 Å². The fourth-order valence-electron chi connectivity index (χ4n) is 2.51. The van der Waals surface area contributed by atoms with Gasteiger partial charge in [-0.1, -0.05) is 19.9 Å². The summed E-state index contributed by atoms with van der Waals surface area (Å²) in [7, 11) is 1.69. The Kier molecular flexibility index (Phi) is 3.58. The third-order valence-corrected chi connectivity index (χ3v) is 4.21. The molecule has 0 saturated carbocycles. The molecule has 1 aromatic carbocycles. The minimum absolute atomic E-state index is 0.00810. The molecule has 3 aromatic rings. The first-order chi connectivity index (χ1) is 10.5. The maximum atomic E-state index is 5.49. The van der Waals surface area contributed by atoms with E-state index in [4.69, 9.17) is 4.74 Å². The Labute approximate surface area is 129 Å². The van der Waals surface area contributed by atoms with Gasteiger partial charge in [0.2, 0.25) is 0 Å². The van der Waals surface area contributed by atoms with Crippen LogP contribution in [0, 0.1) is 0 Å². The number of quaternary nitrogens is 1. The molecule has 4 N–H and O–H groups in total. The van der Waals surface area contributed by atoms with Crippen LogP contribution in [0.5, 0.6) is 5.75 Å². The van der Waals surface area contributed by atoms with Crippen molar-refractivity contribution in [1.82, 2.24) is 15.2 Å². The Morgan fingerprint density at radius 1 is 1.27 bits per heavy atom. The number of methoxy groups -OCH3 is 1. The summed E-state index contributed by atoms with van der Waals surface area (Å²) in [6.45, 7) is 5.20. The Bertz CT molecular complexity index is 807. The van der Waals surface area contributed by atoms with E-state index in [1.807, 2.05) is 18.3 Å². The van der Waals surface area contributed by atoms with Crippen LogP contribution in [0.2, 0.25) is 0 Å². The molecule has 22 heavy (non-hydrogen) atoms. The van der Waals surface area contributed by atoms with Gasteiger partial charge < -0.3 is 10.5 Å². The first kappa shape index (κ1) is 14.5. The van der Waals surface area contributed by atoms with Gasteiger partial charge in [-0.25, -0.2) is 4.98 Å². The lowest BCUT2D eigenvalue weighted by Gasteiger charge is -2.22. The van der Waals surface area contributed by atoms with Crippen LogP contribution in [0.1, 0.15) is 19.4 Å². The van der Waals surface area contributed by atoms with E-state index >= 15 is 0 Å². The van der Waals surface area contributed by atoms with Gasteiger partial charge in [-0.05, 0) is 34.9 Å². The number of ether oxygens (including phenoxy) is 1. The molecule has 0 radical (unpaired) electrons. The number of H-pyrrole nitrogens is 1. The topological polar surface area (TPSA) is 78.4 Å². The first-order valence-corrected chi connectivity index (χ1v) is 7.32. The van der Waals surface area contributed by atoms with Crippen LogP contribution in [-0.4, -0.2) is 28.8 Å². The maximum Gasteiger partial charge on any atom is 0.155 e. The predicted octanol–water partition coefficient (Wildman–Crippen LogP) is 2.15. The number of nitrogens with one attached hydrogen (secondary N) is 1. The van der Waals surface area contributed by atoms with Gasteiger partial charge in [-0.3, -0.25) is 5.10 Å². The van der Waals surface area contributed by atoms with E-state index in [9.17, 15) is 0 Å². The van der Waals surface area contributed by atoms with Gasteiger partial charge in [0.15, 0.2) is 5.65 Å². The van der Waals surface area contributed by atoms with Gasteiger partial charge in [-0.15, -0.1) is 0 Å². The highest BCUT2D eigenvalue weighted by Crippen LogP contribution is 2.34. The van der Waals surface area contributed by atoms with Crippen molar-refractivity contribution in [2.24, 2.45) is 0 Å². The molecule has 0 unspecified atom stereocenters. The number of benzene rings is 1. The minimum Gasteiger partial charge on any atom is -0.497 e. The van der Waals surface area contributed by atoms with Gasteiger partial charge in [0, 0.05) is 17.0 Å². The van der Waals surface area contributed by atoms with Gasteiger partial charge in [0.25, 0.3) is 0 Å². The van der Waals surface area contributed by atoms with Crippen molar-refractivity contribution in [3.63, 3.8) is 0 Å². The second kappa shape index (κ2) is 5.42. The highest BCUT2D eigenvalue weighted by molar-refractivity contribution is 5.92. The van der Waals surface area contributed by atoms with Crippen molar-refractivity contribution in [1.29, 1.82) is 0 Å². The largest absolute Gasteiger partial charge is 0.497 e. The third-order valence-electron chi connectivity index (χ3n) is 4.21. The Morgan fingerprint density at radius 2 is 2.09 bits per heavy atom. The van der Waals surface area contributed by atoms with Gasteiger partial charge >= 0.3 is 0 Å². The molecule has 5 heteroatoms. The number of aromatic nitrogens is 3. The molecule has 0 saturated heterocycles. The fraction of sp³-hybridized carbons (Fsp3) is 0.294. The molecule has 0 atom stereocenters. The lowest BCUT2D eigenvalue weighted by atomic mass is 9.83. The molecule has 2 aromatic heterocycles. The zero-order valence-corrected chi connectivity index (χ0v) is 13.2. The lowest BCUT2D eigenvalue weighted by molar-refractivity contribution is -0.380. The van der Waals surface area contributed by atoms with E-state index in [0.29, 0.717) is 0 Å². The summed E-state index contributed by atoms with van der Waals surface area (Å²) in [6, 6.07) is 8.34. The summed E-state index contributed by atoms with van der Waals surface area (Å²) in [5.74, 6) is 0.850. The standard InChI is InChI=1S/C17H20N4O/c1-17(2,10-18)12-6-11(7-13(8-12)22-3)14-4-5-19-16-15(14)9-20-21-16/h4-9H,10,18H2,1-3H3,(H,19,20,21)/p+1. The van der Waals surface area contributed by atoms with Gasteiger partial charge in [0.1, 0.15) is 5.75 Å². The number of fused-ring (bicyclic) bond motifs is 1. The average Bonchev–Trinajstić information content (AvgIpc) is 3.02. The zero-order valence-electron chi connectivity index (χ0n) is 13.2. The molecule has 2 heterocycles. The molecule has 0 aliphatic carbocycles. The van der Waals surface area contributed by atoms with Crippen LogP contribution in [-0.2, 0) is 5.41 Å². The zero-order chi connectivity index (χ0) is 15.7. The number of rotatable bonds is 4. The van der Waals surface area contributed by atoms with Crippen molar-refractivity contribution in [2.45, 2.75) is 19.3 Å². The van der Waals surface area contributed by atoms with Gasteiger partial charge in [0.05, 0.1) is 19.9 Å². The summed E-state index contributed by atoms with van der Waals surface area (Å²) in [6.07, 6.45) is 3.60. The van der Waals surface area contributed by atoms with Crippen LogP contribution in [0.15, 0.2) is 36.7 Å². The average molecular weight is 297 g/mol. The van der Waals surface area contributed by atoms with Crippen molar-refractivity contribution in [2.75, 3.05) is 13.7 Å². The predicted molar refractivity (Wildman–Crippen MR) is 86.7 cm³/mol. The summed E-state index contributed by atoms with van der Waals surface area (Å²) in [5, 5.41) is 8.01.